The zero-order chi connectivity index (χ0) is 32.2. The molecular weight excluding hydrogens is 532 g/mol. The van der Waals surface area contributed by atoms with E-state index < -0.39 is 18.0 Å². The van der Waals surface area contributed by atoms with Gasteiger partial charge in [-0.25, -0.2) is 0 Å². The summed E-state index contributed by atoms with van der Waals surface area (Å²) in [6, 6.07) is 6.36. The second-order valence-corrected chi connectivity index (χ2v) is 18.0. The molecule has 2 fully saturated rings. The number of phenols is 1. The van der Waals surface area contributed by atoms with Gasteiger partial charge in [0.05, 0.1) is 6.10 Å². The van der Waals surface area contributed by atoms with Crippen molar-refractivity contribution >= 4 is 0 Å². The Labute approximate surface area is 265 Å². The topological polar surface area (TPSA) is 58.9 Å². The number of aliphatic hydroxyl groups is 1. The summed E-state index contributed by atoms with van der Waals surface area (Å²) in [5.74, 6) is 1.33. The second-order valence-electron chi connectivity index (χ2n) is 18.0. The summed E-state index contributed by atoms with van der Waals surface area (Å²) in [6.07, 6.45) is 11.8. The Kier molecular flexibility index (Phi) is 12.3. The Morgan fingerprint density at radius 3 is 2.05 bits per heavy atom. The molecule has 2 aliphatic carbocycles. The Bertz CT molecular complexity index is 990. The third-order valence-corrected chi connectivity index (χ3v) is 10.7. The molecule has 0 bridgehead atoms. The number of phenolic OH excluding ortho intramolecular Hbond substituents is 1. The van der Waals surface area contributed by atoms with Gasteiger partial charge in [-0.15, -0.1) is 0 Å². The maximum atomic E-state index is 11.9. The molecule has 0 heterocycles. The number of ether oxygens (including phenoxy) is 2. The van der Waals surface area contributed by atoms with E-state index in [1.165, 1.54) is 24.8 Å². The van der Waals surface area contributed by atoms with Crippen LogP contribution in [0.2, 0.25) is 0 Å². The third kappa shape index (κ3) is 10.2. The highest BCUT2D eigenvalue weighted by atomic mass is 16.7. The molecule has 4 nitrogen and oxygen atoms in total. The van der Waals surface area contributed by atoms with E-state index in [0.29, 0.717) is 11.7 Å². The van der Waals surface area contributed by atoms with E-state index in [1.54, 1.807) is 0 Å². The van der Waals surface area contributed by atoms with Gasteiger partial charge in [-0.3, -0.25) is 0 Å². The van der Waals surface area contributed by atoms with Crippen LogP contribution in [0.25, 0.3) is 0 Å². The number of hydrogen-bond donors (Lipinski definition) is 2. The number of aromatic hydroxyl groups is 1. The van der Waals surface area contributed by atoms with Crippen molar-refractivity contribution in [3.63, 3.8) is 0 Å². The quantitative estimate of drug-likeness (QED) is 0.248. The monoisotopic (exact) mass is 601 g/mol. The Hall–Kier alpha value is -1.10. The molecule has 2 saturated carbocycles. The summed E-state index contributed by atoms with van der Waals surface area (Å²) in [5.41, 5.74) is 2.14. The number of aliphatic hydroxyl groups excluding tert-OH is 1. The van der Waals surface area contributed by atoms with E-state index in [-0.39, 0.29) is 34.2 Å². The van der Waals surface area contributed by atoms with Crippen molar-refractivity contribution in [2.75, 3.05) is 0 Å². The zero-order valence-corrected chi connectivity index (χ0v) is 29.9. The maximum Gasteiger partial charge on any atom is 0.163 e. The Morgan fingerprint density at radius 1 is 0.837 bits per heavy atom. The van der Waals surface area contributed by atoms with Gasteiger partial charge < -0.3 is 19.7 Å². The van der Waals surface area contributed by atoms with Gasteiger partial charge in [0, 0.05) is 11.3 Å². The second kappa shape index (κ2) is 14.5. The van der Waals surface area contributed by atoms with Gasteiger partial charge in [-0.05, 0) is 96.6 Å². The summed E-state index contributed by atoms with van der Waals surface area (Å²) < 4.78 is 13.6. The Balaban J connectivity index is 1.89. The number of hydrogen-bond acceptors (Lipinski definition) is 4. The van der Waals surface area contributed by atoms with Gasteiger partial charge in [0.2, 0.25) is 0 Å². The van der Waals surface area contributed by atoms with Gasteiger partial charge in [-0.2, -0.15) is 0 Å². The van der Waals surface area contributed by atoms with Crippen molar-refractivity contribution in [2.45, 2.75) is 184 Å². The fraction of sp³-hybridized carbons (Fsp3) is 0.846. The SMILES string of the molecule is CCC(CC(C)(C)C)c1ccc(O)c(C2CCCC(C(OC3CCCCC3)OC(O)C(C)(CC(C)(C)C)C(C)(C)C)C2)c1. The first-order valence-electron chi connectivity index (χ1n) is 17.6. The smallest absolute Gasteiger partial charge is 0.163 e. The van der Waals surface area contributed by atoms with Crippen LogP contribution in [0.1, 0.15) is 176 Å². The highest BCUT2D eigenvalue weighted by molar-refractivity contribution is 5.40. The third-order valence-electron chi connectivity index (χ3n) is 10.7. The van der Waals surface area contributed by atoms with Crippen molar-refractivity contribution in [1.29, 1.82) is 0 Å². The standard InChI is InChI=1S/C39H68O4/c1-12-27(25-36(2,3)4)28-21-22-33(40)32(24-28)29-17-16-18-30(23-29)34(42-31-19-14-13-15-20-31)43-35(41)39(11,38(8,9)10)26-37(5,6)7/h21-22,24,27,29-31,34-35,40-41H,12-20,23,25-26H2,1-11H3. The van der Waals surface area contributed by atoms with E-state index in [1.807, 2.05) is 6.07 Å². The van der Waals surface area contributed by atoms with Gasteiger partial charge in [0.1, 0.15) is 5.75 Å². The summed E-state index contributed by atoms with van der Waals surface area (Å²) >= 11 is 0. The molecule has 43 heavy (non-hydrogen) atoms. The first kappa shape index (κ1) is 36.4. The molecule has 6 unspecified atom stereocenters. The molecule has 3 rings (SSSR count). The van der Waals surface area contributed by atoms with Crippen LogP contribution in [0.15, 0.2) is 18.2 Å². The molecule has 0 amide bonds. The van der Waals surface area contributed by atoms with Crippen LogP contribution < -0.4 is 0 Å². The van der Waals surface area contributed by atoms with E-state index in [2.05, 4.69) is 88.3 Å². The van der Waals surface area contributed by atoms with E-state index >= 15 is 0 Å². The predicted molar refractivity (Wildman–Crippen MR) is 180 cm³/mol. The lowest BCUT2D eigenvalue weighted by Gasteiger charge is -2.49. The largest absolute Gasteiger partial charge is 0.508 e. The zero-order valence-electron chi connectivity index (χ0n) is 29.9. The molecule has 0 aromatic heterocycles. The lowest BCUT2D eigenvalue weighted by molar-refractivity contribution is -0.310. The van der Waals surface area contributed by atoms with Crippen LogP contribution in [-0.2, 0) is 9.47 Å². The van der Waals surface area contributed by atoms with Crippen LogP contribution in [0.3, 0.4) is 0 Å². The van der Waals surface area contributed by atoms with Crippen LogP contribution in [0.5, 0.6) is 5.75 Å². The van der Waals surface area contributed by atoms with Crippen molar-refractivity contribution in [1.82, 2.24) is 0 Å². The van der Waals surface area contributed by atoms with E-state index in [9.17, 15) is 10.2 Å². The minimum absolute atomic E-state index is 0.0495. The van der Waals surface area contributed by atoms with Crippen molar-refractivity contribution in [2.24, 2.45) is 27.6 Å². The molecule has 4 heteroatoms. The molecule has 6 atom stereocenters. The normalized spacial score (nSPS) is 24.7. The molecule has 2 aliphatic rings. The molecule has 0 spiro atoms. The lowest BCUT2D eigenvalue weighted by atomic mass is 9.61. The van der Waals surface area contributed by atoms with Crippen LogP contribution in [0, 0.1) is 27.6 Å². The van der Waals surface area contributed by atoms with Crippen molar-refractivity contribution in [3.05, 3.63) is 29.3 Å². The Morgan fingerprint density at radius 2 is 1.49 bits per heavy atom. The van der Waals surface area contributed by atoms with Crippen molar-refractivity contribution in [3.8, 4) is 5.75 Å². The average Bonchev–Trinajstić information content (AvgIpc) is 2.90. The molecule has 1 aromatic carbocycles. The maximum absolute atomic E-state index is 11.9. The average molecular weight is 601 g/mol. The summed E-state index contributed by atoms with van der Waals surface area (Å²) in [4.78, 5) is 0. The molecule has 0 aliphatic heterocycles. The van der Waals surface area contributed by atoms with E-state index in [4.69, 9.17) is 9.47 Å². The summed E-state index contributed by atoms with van der Waals surface area (Å²) in [5, 5.41) is 23.0. The molecule has 0 radical (unpaired) electrons. The highest BCUT2D eigenvalue weighted by Gasteiger charge is 2.48. The fourth-order valence-electron chi connectivity index (χ4n) is 7.90. The van der Waals surface area contributed by atoms with Crippen LogP contribution >= 0.6 is 0 Å². The highest BCUT2D eigenvalue weighted by Crippen LogP contribution is 2.51. The number of benzene rings is 1. The first-order chi connectivity index (χ1) is 19.8. The molecule has 248 valence electrons. The summed E-state index contributed by atoms with van der Waals surface area (Å²) in [6.45, 7) is 24.8. The molecule has 1 aromatic rings. The van der Waals surface area contributed by atoms with Crippen molar-refractivity contribution < 1.29 is 19.7 Å². The first-order valence-corrected chi connectivity index (χ1v) is 17.6. The van der Waals surface area contributed by atoms with Crippen LogP contribution in [-0.4, -0.2) is 28.9 Å². The predicted octanol–water partition coefficient (Wildman–Crippen LogP) is 11.1. The fourth-order valence-corrected chi connectivity index (χ4v) is 7.90. The van der Waals surface area contributed by atoms with Gasteiger partial charge in [0.15, 0.2) is 12.6 Å². The molecule has 2 N–H and O–H groups in total. The van der Waals surface area contributed by atoms with Gasteiger partial charge >= 0.3 is 0 Å². The minimum Gasteiger partial charge on any atom is -0.508 e. The van der Waals surface area contributed by atoms with Crippen LogP contribution in [0.4, 0.5) is 0 Å². The van der Waals surface area contributed by atoms with Gasteiger partial charge in [0.25, 0.3) is 0 Å². The minimum atomic E-state index is -0.930. The van der Waals surface area contributed by atoms with E-state index in [0.717, 1.165) is 63.4 Å². The molecule has 0 saturated heterocycles. The number of rotatable bonds is 11. The lowest BCUT2D eigenvalue weighted by Crippen LogP contribution is -2.50. The van der Waals surface area contributed by atoms with Gasteiger partial charge in [-0.1, -0.05) is 114 Å². The summed E-state index contributed by atoms with van der Waals surface area (Å²) in [7, 11) is 0. The molecular formula is C39H68O4.